The van der Waals surface area contributed by atoms with E-state index in [2.05, 4.69) is 5.10 Å². The molecule has 0 aliphatic carbocycles. The number of rotatable bonds is 6. The van der Waals surface area contributed by atoms with Crippen molar-refractivity contribution in [2.75, 3.05) is 5.01 Å². The largest absolute Gasteiger partial charge is 0.364 e. The molecule has 1 atom stereocenters. The molecule has 0 spiro atoms. The molecule has 0 aromatic heterocycles. The van der Waals surface area contributed by atoms with Gasteiger partial charge in [-0.15, -0.1) is 0 Å². The topological polar surface area (TPSA) is 119 Å². The maximum atomic E-state index is 11.6. The summed E-state index contributed by atoms with van der Waals surface area (Å²) in [7, 11) is -2.47. The first-order chi connectivity index (χ1) is 12.5. The third-order valence-electron chi connectivity index (χ3n) is 4.31. The number of hydrazone groups is 1. The predicted octanol–water partition coefficient (Wildman–Crippen LogP) is 1.05. The lowest BCUT2D eigenvalue weighted by molar-refractivity contribution is -0.112. The van der Waals surface area contributed by atoms with E-state index in [1.165, 1.54) is 0 Å². The average Bonchev–Trinajstić information content (AvgIpc) is 3.07. The Labute approximate surface area is 153 Å². The number of thiol groups is 1. The number of carbonyl (C=O) groups excluding carboxylic acids is 1. The molecule has 8 heteroatoms. The summed E-state index contributed by atoms with van der Waals surface area (Å²) in [6, 6.07) is 14.7. The number of primary amides is 1. The molecule has 1 aliphatic rings. The Morgan fingerprint density at radius 1 is 1.08 bits per heavy atom. The molecule has 0 saturated carbocycles. The lowest BCUT2D eigenvalue weighted by atomic mass is 9.99. The third-order valence-corrected chi connectivity index (χ3v) is 4.93. The van der Waals surface area contributed by atoms with Crippen molar-refractivity contribution in [3.8, 4) is 0 Å². The lowest BCUT2D eigenvalue weighted by Gasteiger charge is -2.24. The van der Waals surface area contributed by atoms with Gasteiger partial charge in [0.1, 0.15) is 16.4 Å². The maximum Gasteiger partial charge on any atom is 0.265 e. The zero-order valence-electron chi connectivity index (χ0n) is 14.0. The van der Waals surface area contributed by atoms with Gasteiger partial charge in [-0.2, -0.15) is 5.10 Å². The number of carbonyl (C=O) groups is 1. The highest BCUT2D eigenvalue weighted by Gasteiger charge is 2.31. The van der Waals surface area contributed by atoms with Crippen LogP contribution in [-0.2, 0) is 27.8 Å². The second-order valence-corrected chi connectivity index (χ2v) is 7.06. The van der Waals surface area contributed by atoms with Crippen LogP contribution >= 0.6 is 0 Å². The van der Waals surface area contributed by atoms with Crippen LogP contribution in [0.2, 0.25) is 0 Å². The highest BCUT2D eigenvalue weighted by molar-refractivity contribution is 7.71. The second kappa shape index (κ2) is 7.67. The fraction of sp³-hybridized carbons (Fsp3) is 0.222. The summed E-state index contributed by atoms with van der Waals surface area (Å²) >= 11 is 0. The molecule has 1 heterocycles. The van der Waals surface area contributed by atoms with E-state index in [1.807, 2.05) is 24.3 Å². The Balaban J connectivity index is 1.92. The van der Waals surface area contributed by atoms with Crippen molar-refractivity contribution in [2.24, 2.45) is 16.6 Å². The number of nitrogens with zero attached hydrogens (tertiary/aromatic N) is 2. The SMILES string of the molecule is NCc1ccc(C2CC(C(N)=O)=NN2c2ccc(C[SH](=O)=O)cc2)cc1. The van der Waals surface area contributed by atoms with Crippen LogP contribution in [0.25, 0.3) is 0 Å². The van der Waals surface area contributed by atoms with E-state index >= 15 is 0 Å². The molecule has 136 valence electrons. The second-order valence-electron chi connectivity index (χ2n) is 6.08. The van der Waals surface area contributed by atoms with Gasteiger partial charge in [-0.1, -0.05) is 36.4 Å². The summed E-state index contributed by atoms with van der Waals surface area (Å²) in [6.07, 6.45) is 0.408. The van der Waals surface area contributed by atoms with E-state index in [1.54, 1.807) is 29.3 Å². The highest BCUT2D eigenvalue weighted by atomic mass is 32.2. The van der Waals surface area contributed by atoms with Crippen LogP contribution in [0.3, 0.4) is 0 Å². The summed E-state index contributed by atoms with van der Waals surface area (Å²) in [5, 5.41) is 6.13. The number of anilines is 1. The minimum absolute atomic E-state index is 0.00457. The Morgan fingerprint density at radius 3 is 2.23 bits per heavy atom. The average molecular weight is 372 g/mol. The number of benzene rings is 2. The first-order valence-electron chi connectivity index (χ1n) is 8.14. The van der Waals surface area contributed by atoms with Gasteiger partial charge in [-0.05, 0) is 28.8 Å². The van der Waals surface area contributed by atoms with Gasteiger partial charge in [0.25, 0.3) is 5.91 Å². The van der Waals surface area contributed by atoms with Crippen molar-refractivity contribution in [2.45, 2.75) is 24.8 Å². The fourth-order valence-corrected chi connectivity index (χ4v) is 3.44. The first kappa shape index (κ1) is 18.1. The van der Waals surface area contributed by atoms with Crippen LogP contribution in [0.15, 0.2) is 53.6 Å². The summed E-state index contributed by atoms with van der Waals surface area (Å²) in [6.45, 7) is 0.459. The zero-order valence-corrected chi connectivity index (χ0v) is 14.9. The molecule has 0 fully saturated rings. The molecule has 0 radical (unpaired) electrons. The minimum Gasteiger partial charge on any atom is -0.364 e. The predicted molar refractivity (Wildman–Crippen MR) is 101 cm³/mol. The number of hydrogen-bond acceptors (Lipinski definition) is 6. The van der Waals surface area contributed by atoms with Crippen molar-refractivity contribution in [3.05, 3.63) is 65.2 Å². The number of amides is 1. The molecule has 4 N–H and O–H groups in total. The zero-order chi connectivity index (χ0) is 18.7. The van der Waals surface area contributed by atoms with Crippen LogP contribution in [0.4, 0.5) is 5.69 Å². The van der Waals surface area contributed by atoms with Crippen LogP contribution in [0, 0.1) is 0 Å². The van der Waals surface area contributed by atoms with Crippen molar-refractivity contribution < 1.29 is 13.2 Å². The van der Waals surface area contributed by atoms with Gasteiger partial charge >= 0.3 is 0 Å². The van der Waals surface area contributed by atoms with Crippen LogP contribution in [0.1, 0.15) is 29.2 Å². The number of hydrogen-bond donors (Lipinski definition) is 3. The minimum atomic E-state index is -2.47. The molecule has 1 amide bonds. The van der Waals surface area contributed by atoms with E-state index < -0.39 is 16.6 Å². The standard InChI is InChI=1S/C18H20N4O3S/c19-10-12-1-5-14(6-2-12)17-9-16(18(20)23)21-22(17)15-7-3-13(4-8-15)11-26(24)25/h1-8,17,26H,9-11,19H2,(H2,20,23). The molecule has 0 bridgehead atoms. The van der Waals surface area contributed by atoms with Crippen molar-refractivity contribution in [3.63, 3.8) is 0 Å². The summed E-state index contributed by atoms with van der Waals surface area (Å²) in [5.41, 5.74) is 14.9. The Morgan fingerprint density at radius 2 is 1.69 bits per heavy atom. The molecule has 2 aromatic carbocycles. The van der Waals surface area contributed by atoms with Gasteiger partial charge in [0, 0.05) is 13.0 Å². The van der Waals surface area contributed by atoms with E-state index in [-0.39, 0.29) is 11.8 Å². The Hall–Kier alpha value is -2.71. The van der Waals surface area contributed by atoms with Crippen LogP contribution < -0.4 is 16.5 Å². The smallest absolute Gasteiger partial charge is 0.265 e. The monoisotopic (exact) mass is 372 g/mol. The molecule has 1 unspecified atom stereocenters. The van der Waals surface area contributed by atoms with Gasteiger partial charge in [0.2, 0.25) is 0 Å². The summed E-state index contributed by atoms with van der Waals surface area (Å²) < 4.78 is 21.7. The van der Waals surface area contributed by atoms with E-state index in [0.717, 1.165) is 16.8 Å². The maximum absolute atomic E-state index is 11.6. The third kappa shape index (κ3) is 3.92. The molecule has 1 aliphatic heterocycles. The molecule has 7 nitrogen and oxygen atoms in total. The van der Waals surface area contributed by atoms with Crippen LogP contribution in [0.5, 0.6) is 0 Å². The summed E-state index contributed by atoms with van der Waals surface area (Å²) in [4.78, 5) is 11.6. The summed E-state index contributed by atoms with van der Waals surface area (Å²) in [5.74, 6) is -0.550. The van der Waals surface area contributed by atoms with Gasteiger partial charge < -0.3 is 11.5 Å². The lowest BCUT2D eigenvalue weighted by Crippen LogP contribution is -2.22. The van der Waals surface area contributed by atoms with Crippen LogP contribution in [-0.4, -0.2) is 20.0 Å². The Kier molecular flexibility index (Phi) is 5.34. The van der Waals surface area contributed by atoms with E-state index in [0.29, 0.717) is 24.2 Å². The Bertz CT molecular complexity index is 897. The molecular weight excluding hydrogens is 352 g/mol. The number of nitrogens with two attached hydrogens (primary N) is 2. The van der Waals surface area contributed by atoms with E-state index in [9.17, 15) is 13.2 Å². The molecular formula is C18H20N4O3S. The highest BCUT2D eigenvalue weighted by Crippen LogP contribution is 2.35. The molecule has 3 rings (SSSR count). The van der Waals surface area contributed by atoms with Gasteiger partial charge in [-0.25, -0.2) is 8.42 Å². The molecule has 0 saturated heterocycles. The quantitative estimate of drug-likeness (QED) is 0.655. The van der Waals surface area contributed by atoms with Gasteiger partial charge in [0.05, 0.1) is 17.5 Å². The van der Waals surface area contributed by atoms with Crippen molar-refractivity contribution >= 4 is 28.0 Å². The first-order valence-corrected chi connectivity index (χ1v) is 9.50. The van der Waals surface area contributed by atoms with Crippen molar-refractivity contribution in [1.29, 1.82) is 0 Å². The molecule has 2 aromatic rings. The van der Waals surface area contributed by atoms with Crippen molar-refractivity contribution in [1.82, 2.24) is 0 Å². The fourth-order valence-electron chi connectivity index (χ4n) is 2.94. The normalized spacial score (nSPS) is 16.8. The van der Waals surface area contributed by atoms with E-state index in [4.69, 9.17) is 11.5 Å². The van der Waals surface area contributed by atoms with Gasteiger partial charge in [-0.3, -0.25) is 9.80 Å². The molecule has 26 heavy (non-hydrogen) atoms. The van der Waals surface area contributed by atoms with Gasteiger partial charge in [0.15, 0.2) is 0 Å².